The number of amides is 2. The normalized spacial score (nSPS) is 17.0. The van der Waals surface area contributed by atoms with Gasteiger partial charge in [0.1, 0.15) is 6.61 Å². The van der Waals surface area contributed by atoms with Crippen molar-refractivity contribution in [2.24, 2.45) is 5.41 Å². The first kappa shape index (κ1) is 27.4. The third kappa shape index (κ3) is 5.66. The molecular formula is C36H35N3O4. The van der Waals surface area contributed by atoms with E-state index in [9.17, 15) is 9.59 Å². The second-order valence-electron chi connectivity index (χ2n) is 11.9. The zero-order chi connectivity index (χ0) is 29.2. The van der Waals surface area contributed by atoms with Gasteiger partial charge in [0.25, 0.3) is 5.91 Å². The van der Waals surface area contributed by atoms with Crippen molar-refractivity contribution in [2.75, 3.05) is 43.5 Å². The lowest BCUT2D eigenvalue weighted by Crippen LogP contribution is -2.50. The zero-order valence-corrected chi connectivity index (χ0v) is 24.1. The quantitative estimate of drug-likeness (QED) is 0.251. The molecule has 43 heavy (non-hydrogen) atoms. The minimum atomic E-state index is -0.568. The van der Waals surface area contributed by atoms with Crippen molar-refractivity contribution in [3.63, 3.8) is 0 Å². The van der Waals surface area contributed by atoms with Gasteiger partial charge >= 0.3 is 6.09 Å². The molecule has 1 spiro atoms. The van der Waals surface area contributed by atoms with E-state index in [-0.39, 0.29) is 18.4 Å². The van der Waals surface area contributed by atoms with Crippen molar-refractivity contribution < 1.29 is 19.1 Å². The lowest BCUT2D eigenvalue weighted by molar-refractivity contribution is -0.140. The summed E-state index contributed by atoms with van der Waals surface area (Å²) in [7, 11) is 0. The number of nitrogens with one attached hydrogen (secondary N) is 2. The highest BCUT2D eigenvalue weighted by Gasteiger charge is 2.41. The molecule has 7 nitrogen and oxygen atoms in total. The van der Waals surface area contributed by atoms with Crippen LogP contribution < -0.4 is 10.6 Å². The molecule has 2 aliphatic heterocycles. The number of para-hydroxylation sites is 2. The fraction of sp³-hybridized carbons (Fsp3) is 0.278. The van der Waals surface area contributed by atoms with Crippen molar-refractivity contribution >= 4 is 23.4 Å². The van der Waals surface area contributed by atoms with Gasteiger partial charge in [-0.2, -0.15) is 0 Å². The summed E-state index contributed by atoms with van der Waals surface area (Å²) in [6, 6.07) is 31.4. The molecule has 1 aliphatic carbocycles. The molecule has 0 radical (unpaired) electrons. The Morgan fingerprint density at radius 1 is 0.767 bits per heavy atom. The SMILES string of the molecule is O=C(Nc1ccccc1NC(=O)c1ccc(CN2CCC3(CC2)COC3)cc1)OCC1c2ccccc2-c2ccccc21. The molecule has 0 bridgehead atoms. The van der Waals surface area contributed by atoms with Gasteiger partial charge in [0.15, 0.2) is 0 Å². The number of nitrogens with zero attached hydrogens (tertiary/aromatic N) is 1. The predicted molar refractivity (Wildman–Crippen MR) is 167 cm³/mol. The maximum Gasteiger partial charge on any atom is 0.411 e. The number of rotatable bonds is 7. The van der Waals surface area contributed by atoms with Gasteiger partial charge in [0.2, 0.25) is 0 Å². The van der Waals surface area contributed by atoms with E-state index in [0.29, 0.717) is 22.4 Å². The van der Waals surface area contributed by atoms with E-state index in [4.69, 9.17) is 9.47 Å². The first-order valence-corrected chi connectivity index (χ1v) is 15.0. The van der Waals surface area contributed by atoms with Crippen molar-refractivity contribution in [3.8, 4) is 11.1 Å². The molecule has 2 N–H and O–H groups in total. The van der Waals surface area contributed by atoms with Crippen LogP contribution in [0.1, 0.15) is 45.8 Å². The number of carbonyl (C=O) groups is 2. The number of hydrogen-bond acceptors (Lipinski definition) is 5. The fourth-order valence-corrected chi connectivity index (χ4v) is 6.52. The maximum atomic E-state index is 13.1. The Bertz CT molecular complexity index is 1590. The van der Waals surface area contributed by atoms with Crippen LogP contribution in [0.15, 0.2) is 97.1 Å². The predicted octanol–water partition coefficient (Wildman–Crippen LogP) is 6.91. The Labute approximate surface area is 251 Å². The summed E-state index contributed by atoms with van der Waals surface area (Å²) in [6.07, 6.45) is 1.81. The van der Waals surface area contributed by atoms with Crippen LogP contribution in [0.25, 0.3) is 11.1 Å². The number of anilines is 2. The summed E-state index contributed by atoms with van der Waals surface area (Å²) in [4.78, 5) is 28.5. The smallest absolute Gasteiger partial charge is 0.411 e. The van der Waals surface area contributed by atoms with E-state index < -0.39 is 6.09 Å². The third-order valence-electron chi connectivity index (χ3n) is 9.11. The largest absolute Gasteiger partial charge is 0.448 e. The topological polar surface area (TPSA) is 79.9 Å². The second-order valence-corrected chi connectivity index (χ2v) is 11.9. The van der Waals surface area contributed by atoms with E-state index in [1.165, 1.54) is 29.5 Å². The molecule has 7 heteroatoms. The molecule has 218 valence electrons. The molecule has 2 fully saturated rings. The van der Waals surface area contributed by atoms with Crippen LogP contribution in [0.4, 0.5) is 16.2 Å². The van der Waals surface area contributed by atoms with Crippen LogP contribution in [0.5, 0.6) is 0 Å². The minimum absolute atomic E-state index is 0.0278. The van der Waals surface area contributed by atoms with E-state index in [2.05, 4.69) is 39.8 Å². The highest BCUT2D eigenvalue weighted by atomic mass is 16.5. The van der Waals surface area contributed by atoms with Gasteiger partial charge in [-0.3, -0.25) is 15.0 Å². The average Bonchev–Trinajstić information content (AvgIpc) is 3.34. The van der Waals surface area contributed by atoms with Crippen molar-refractivity contribution in [2.45, 2.75) is 25.3 Å². The molecule has 3 aliphatic rings. The number of likely N-dealkylation sites (tertiary alicyclic amines) is 1. The first-order chi connectivity index (χ1) is 21.1. The number of hydrogen-bond donors (Lipinski definition) is 2. The van der Waals surface area contributed by atoms with Gasteiger partial charge in [-0.25, -0.2) is 4.79 Å². The Kier molecular flexibility index (Phi) is 7.43. The Balaban J connectivity index is 0.950. The maximum absolute atomic E-state index is 13.1. The summed E-state index contributed by atoms with van der Waals surface area (Å²) in [5, 5.41) is 5.77. The molecule has 0 saturated carbocycles. The summed E-state index contributed by atoms with van der Waals surface area (Å²) >= 11 is 0. The summed E-state index contributed by atoms with van der Waals surface area (Å²) in [5.74, 6) is -0.266. The van der Waals surface area contributed by atoms with Crippen LogP contribution in [-0.2, 0) is 16.0 Å². The molecule has 2 heterocycles. The zero-order valence-electron chi connectivity index (χ0n) is 24.1. The van der Waals surface area contributed by atoms with Crippen molar-refractivity contribution in [1.82, 2.24) is 4.90 Å². The van der Waals surface area contributed by atoms with Crippen LogP contribution >= 0.6 is 0 Å². The fourth-order valence-electron chi connectivity index (χ4n) is 6.52. The van der Waals surface area contributed by atoms with E-state index in [1.807, 2.05) is 60.7 Å². The van der Waals surface area contributed by atoms with Crippen LogP contribution in [0.2, 0.25) is 0 Å². The number of benzene rings is 4. The van der Waals surface area contributed by atoms with Crippen molar-refractivity contribution in [1.29, 1.82) is 0 Å². The van der Waals surface area contributed by atoms with Gasteiger partial charge in [-0.1, -0.05) is 72.8 Å². The summed E-state index contributed by atoms with van der Waals surface area (Å²) in [5.41, 5.74) is 7.82. The van der Waals surface area contributed by atoms with Crippen molar-refractivity contribution in [3.05, 3.63) is 119 Å². The van der Waals surface area contributed by atoms with Crippen LogP contribution in [0.3, 0.4) is 0 Å². The molecule has 4 aromatic rings. The number of piperidine rings is 1. The number of carbonyl (C=O) groups excluding carboxylic acids is 2. The van der Waals surface area contributed by atoms with Crippen LogP contribution in [0, 0.1) is 5.41 Å². The second kappa shape index (κ2) is 11.7. The monoisotopic (exact) mass is 573 g/mol. The first-order valence-electron chi connectivity index (χ1n) is 15.0. The molecular weight excluding hydrogens is 538 g/mol. The summed E-state index contributed by atoms with van der Waals surface area (Å²) < 4.78 is 11.2. The molecule has 2 saturated heterocycles. The van der Waals surface area contributed by atoms with Gasteiger partial charge < -0.3 is 14.8 Å². The Hall–Kier alpha value is -4.46. The minimum Gasteiger partial charge on any atom is -0.448 e. The van der Waals surface area contributed by atoms with Gasteiger partial charge in [-0.15, -0.1) is 0 Å². The van der Waals surface area contributed by atoms with E-state index >= 15 is 0 Å². The number of fused-ring (bicyclic) bond motifs is 3. The summed E-state index contributed by atoms with van der Waals surface area (Å²) in [6.45, 7) is 5.08. The average molecular weight is 574 g/mol. The lowest BCUT2D eigenvalue weighted by atomic mass is 9.77. The van der Waals surface area contributed by atoms with Crippen LogP contribution in [-0.4, -0.2) is 49.8 Å². The number of ether oxygens (including phenoxy) is 2. The standard InChI is InChI=1S/C36H35N3O4/c40-34(26-15-13-25(14-16-26)21-39-19-17-36(18-20-39)23-42-24-36)37-32-11-5-6-12-33(32)38-35(41)43-22-31-29-9-3-1-7-27(29)28-8-2-4-10-30(28)31/h1-16,31H,17-24H2,(H,37,40)(H,38,41). The molecule has 0 atom stereocenters. The van der Waals surface area contributed by atoms with Gasteiger partial charge in [0.05, 0.1) is 24.6 Å². The molecule has 7 rings (SSSR count). The lowest BCUT2D eigenvalue weighted by Gasteiger charge is -2.47. The molecule has 0 aromatic heterocycles. The van der Waals surface area contributed by atoms with E-state index in [1.54, 1.807) is 12.1 Å². The Morgan fingerprint density at radius 2 is 1.35 bits per heavy atom. The van der Waals surface area contributed by atoms with E-state index in [0.717, 1.165) is 44.0 Å². The highest BCUT2D eigenvalue weighted by Crippen LogP contribution is 2.44. The third-order valence-corrected chi connectivity index (χ3v) is 9.11. The molecule has 0 unspecified atom stereocenters. The van der Waals surface area contributed by atoms with Gasteiger partial charge in [-0.05, 0) is 78.0 Å². The van der Waals surface area contributed by atoms with Gasteiger partial charge in [0, 0.05) is 23.4 Å². The Morgan fingerprint density at radius 3 is 1.95 bits per heavy atom. The molecule has 2 amide bonds. The molecule has 4 aromatic carbocycles. The highest BCUT2D eigenvalue weighted by molar-refractivity contribution is 6.06.